The molecule has 6 heteroatoms. The van der Waals surface area contributed by atoms with Gasteiger partial charge in [0.1, 0.15) is 12.4 Å². The van der Waals surface area contributed by atoms with E-state index in [4.69, 9.17) is 19.3 Å². The zero-order valence-electron chi connectivity index (χ0n) is 13.7. The summed E-state index contributed by atoms with van der Waals surface area (Å²) in [5, 5.41) is 11.5. The maximum absolute atomic E-state index is 11.6. The van der Waals surface area contributed by atoms with Crippen LogP contribution in [0.1, 0.15) is 34.1 Å². The van der Waals surface area contributed by atoms with E-state index in [1.165, 1.54) is 0 Å². The predicted octanol–water partition coefficient (Wildman–Crippen LogP) is 2.07. The number of aliphatic hydroxyl groups is 1. The monoisotopic (exact) mass is 303 g/mol. The minimum absolute atomic E-state index is 0.00248. The minimum Gasteiger partial charge on any atom is -0.444 e. The second-order valence-corrected chi connectivity index (χ2v) is 5.80. The van der Waals surface area contributed by atoms with Gasteiger partial charge in [0.05, 0.1) is 12.7 Å². The van der Waals surface area contributed by atoms with Crippen LogP contribution in [0.4, 0.5) is 4.79 Å². The molecule has 0 aliphatic rings. The van der Waals surface area contributed by atoms with Gasteiger partial charge in [0, 0.05) is 19.6 Å². The van der Waals surface area contributed by atoms with Crippen molar-refractivity contribution in [3.8, 4) is 0 Å². The molecule has 6 nitrogen and oxygen atoms in total. The molecule has 1 amide bonds. The third-order valence-corrected chi connectivity index (χ3v) is 2.63. The lowest BCUT2D eigenvalue weighted by atomic mass is 10.0. The first-order valence-electron chi connectivity index (χ1n) is 7.15. The SMILES string of the molecule is COCO[C@@H](CCNC(=O)OC(C)(C)C)[C@H](C)/C=C/CO. The largest absolute Gasteiger partial charge is 0.444 e. The Hall–Kier alpha value is -1.11. The van der Waals surface area contributed by atoms with E-state index in [2.05, 4.69) is 5.32 Å². The highest BCUT2D eigenvalue weighted by molar-refractivity contribution is 5.67. The highest BCUT2D eigenvalue weighted by Crippen LogP contribution is 2.13. The molecule has 0 heterocycles. The topological polar surface area (TPSA) is 77.0 Å². The molecule has 0 unspecified atom stereocenters. The molecule has 2 N–H and O–H groups in total. The number of rotatable bonds is 9. The van der Waals surface area contributed by atoms with Gasteiger partial charge in [0.2, 0.25) is 0 Å². The third kappa shape index (κ3) is 11.2. The molecular formula is C15H29NO5. The smallest absolute Gasteiger partial charge is 0.407 e. The van der Waals surface area contributed by atoms with E-state index in [0.29, 0.717) is 13.0 Å². The van der Waals surface area contributed by atoms with E-state index < -0.39 is 11.7 Å². The van der Waals surface area contributed by atoms with Crippen molar-refractivity contribution in [3.05, 3.63) is 12.2 Å². The van der Waals surface area contributed by atoms with Gasteiger partial charge in [-0.25, -0.2) is 4.79 Å². The highest BCUT2D eigenvalue weighted by atomic mass is 16.7. The van der Waals surface area contributed by atoms with E-state index in [9.17, 15) is 4.79 Å². The normalized spacial score (nSPS) is 15.0. The van der Waals surface area contributed by atoms with E-state index in [-0.39, 0.29) is 25.4 Å². The Morgan fingerprint density at radius 3 is 2.57 bits per heavy atom. The lowest BCUT2D eigenvalue weighted by molar-refractivity contribution is -0.0850. The summed E-state index contributed by atoms with van der Waals surface area (Å²) >= 11 is 0. The number of carbonyl (C=O) groups excluding carboxylic acids is 1. The molecule has 124 valence electrons. The first-order chi connectivity index (χ1) is 9.80. The van der Waals surface area contributed by atoms with Gasteiger partial charge < -0.3 is 24.6 Å². The van der Waals surface area contributed by atoms with Gasteiger partial charge in [-0.05, 0) is 27.2 Å². The average Bonchev–Trinajstić information content (AvgIpc) is 2.37. The van der Waals surface area contributed by atoms with Crippen LogP contribution < -0.4 is 5.32 Å². The molecule has 0 fully saturated rings. The highest BCUT2D eigenvalue weighted by Gasteiger charge is 2.18. The Morgan fingerprint density at radius 2 is 2.05 bits per heavy atom. The van der Waals surface area contributed by atoms with Gasteiger partial charge >= 0.3 is 6.09 Å². The van der Waals surface area contributed by atoms with Gasteiger partial charge in [-0.1, -0.05) is 19.1 Å². The Balaban J connectivity index is 4.22. The van der Waals surface area contributed by atoms with Crippen LogP contribution >= 0.6 is 0 Å². The summed E-state index contributed by atoms with van der Waals surface area (Å²) in [4.78, 5) is 11.6. The summed E-state index contributed by atoms with van der Waals surface area (Å²) in [6, 6.07) is 0. The van der Waals surface area contributed by atoms with Crippen molar-refractivity contribution in [2.45, 2.75) is 45.8 Å². The standard InChI is InChI=1S/C15H29NO5/c1-12(7-6-10-17)13(20-11-19-5)8-9-16-14(18)21-15(2,3)4/h6-7,12-13,17H,8-11H2,1-5H3,(H,16,18)/b7-6+/t12-,13+/m1/s1. The van der Waals surface area contributed by atoms with Crippen LogP contribution in [0.5, 0.6) is 0 Å². The lowest BCUT2D eigenvalue weighted by Crippen LogP contribution is -2.35. The van der Waals surface area contributed by atoms with Crippen LogP contribution in [0.15, 0.2) is 12.2 Å². The molecule has 0 aromatic rings. The van der Waals surface area contributed by atoms with Crippen LogP contribution in [0.25, 0.3) is 0 Å². The van der Waals surface area contributed by atoms with Crippen LogP contribution in [-0.2, 0) is 14.2 Å². The first-order valence-corrected chi connectivity index (χ1v) is 7.15. The van der Waals surface area contributed by atoms with Crippen molar-refractivity contribution in [1.29, 1.82) is 0 Å². The number of nitrogens with one attached hydrogen (secondary N) is 1. The summed E-state index contributed by atoms with van der Waals surface area (Å²) in [5.41, 5.74) is -0.507. The number of hydrogen-bond acceptors (Lipinski definition) is 5. The molecule has 21 heavy (non-hydrogen) atoms. The minimum atomic E-state index is -0.507. The fourth-order valence-electron chi connectivity index (χ4n) is 1.68. The van der Waals surface area contributed by atoms with Gasteiger partial charge in [-0.2, -0.15) is 0 Å². The molecular weight excluding hydrogens is 274 g/mol. The quantitative estimate of drug-likeness (QED) is 0.504. The first kappa shape index (κ1) is 19.9. The second-order valence-electron chi connectivity index (χ2n) is 5.80. The summed E-state index contributed by atoms with van der Waals surface area (Å²) in [5.74, 6) is 0.104. The summed E-state index contributed by atoms with van der Waals surface area (Å²) in [6.45, 7) is 8.07. The van der Waals surface area contributed by atoms with Gasteiger partial charge in [-0.3, -0.25) is 0 Å². The van der Waals surface area contributed by atoms with Crippen molar-refractivity contribution in [3.63, 3.8) is 0 Å². The predicted molar refractivity (Wildman–Crippen MR) is 81.0 cm³/mol. The fraction of sp³-hybridized carbons (Fsp3) is 0.800. The number of carbonyl (C=O) groups is 1. The molecule has 0 aromatic carbocycles. The molecule has 0 radical (unpaired) electrons. The van der Waals surface area contributed by atoms with Gasteiger partial charge in [0.15, 0.2) is 0 Å². The molecule has 0 spiro atoms. The summed E-state index contributed by atoms with van der Waals surface area (Å²) < 4.78 is 15.7. The molecule has 0 saturated carbocycles. The van der Waals surface area contributed by atoms with Gasteiger partial charge in [0.25, 0.3) is 0 Å². The Morgan fingerprint density at radius 1 is 1.38 bits per heavy atom. The second kappa shape index (κ2) is 10.6. The van der Waals surface area contributed by atoms with E-state index in [1.807, 2.05) is 33.8 Å². The van der Waals surface area contributed by atoms with Crippen LogP contribution in [-0.4, -0.2) is 50.0 Å². The van der Waals surface area contributed by atoms with E-state index in [1.54, 1.807) is 13.2 Å². The Kier molecular flexibility index (Phi) is 10.0. The summed E-state index contributed by atoms with van der Waals surface area (Å²) in [6.07, 6.45) is 3.64. The van der Waals surface area contributed by atoms with Gasteiger partial charge in [-0.15, -0.1) is 0 Å². The zero-order valence-corrected chi connectivity index (χ0v) is 13.7. The number of hydrogen-bond donors (Lipinski definition) is 2. The van der Waals surface area contributed by atoms with Crippen molar-refractivity contribution < 1.29 is 24.1 Å². The van der Waals surface area contributed by atoms with E-state index >= 15 is 0 Å². The number of methoxy groups -OCH3 is 1. The molecule has 0 aliphatic carbocycles. The number of ether oxygens (including phenoxy) is 3. The molecule has 0 aromatic heterocycles. The van der Waals surface area contributed by atoms with Crippen LogP contribution in [0.2, 0.25) is 0 Å². The summed E-state index contributed by atoms with van der Waals surface area (Å²) in [7, 11) is 1.56. The average molecular weight is 303 g/mol. The number of aliphatic hydroxyl groups excluding tert-OH is 1. The maximum atomic E-state index is 11.6. The fourth-order valence-corrected chi connectivity index (χ4v) is 1.68. The molecule has 0 saturated heterocycles. The Bertz CT molecular complexity index is 312. The number of alkyl carbamates (subject to hydrolysis) is 1. The van der Waals surface area contributed by atoms with Crippen LogP contribution in [0.3, 0.4) is 0 Å². The van der Waals surface area contributed by atoms with Crippen molar-refractivity contribution in [2.24, 2.45) is 5.92 Å². The zero-order chi connectivity index (χ0) is 16.3. The lowest BCUT2D eigenvalue weighted by Gasteiger charge is -2.23. The van der Waals surface area contributed by atoms with E-state index in [0.717, 1.165) is 0 Å². The molecule has 0 rings (SSSR count). The molecule has 2 atom stereocenters. The molecule has 0 aliphatic heterocycles. The maximum Gasteiger partial charge on any atom is 0.407 e. The Labute approximate surface area is 127 Å². The van der Waals surface area contributed by atoms with Crippen molar-refractivity contribution in [2.75, 3.05) is 27.1 Å². The third-order valence-electron chi connectivity index (χ3n) is 2.63. The van der Waals surface area contributed by atoms with Crippen LogP contribution in [0, 0.1) is 5.92 Å². The number of amides is 1. The van der Waals surface area contributed by atoms with Crippen molar-refractivity contribution in [1.82, 2.24) is 5.32 Å². The molecule has 0 bridgehead atoms. The van der Waals surface area contributed by atoms with Crippen molar-refractivity contribution >= 4 is 6.09 Å².